The fraction of sp³-hybridized carbons (Fsp3) is 0.485. The summed E-state index contributed by atoms with van der Waals surface area (Å²) in [5.74, 6) is 2.72. The van der Waals surface area contributed by atoms with Crippen LogP contribution in [0.25, 0.3) is 0 Å². The Morgan fingerprint density at radius 3 is 0.420 bits per heavy atom. The molecule has 0 unspecified atom stereocenters. The Kier molecular flexibility index (Phi) is 44.0. The van der Waals surface area contributed by atoms with Gasteiger partial charge in [0.15, 0.2) is 0 Å². The summed E-state index contributed by atoms with van der Waals surface area (Å²) < 4.78 is 17.4. The highest BCUT2D eigenvalue weighted by atomic mass is 16.5. The summed E-state index contributed by atoms with van der Waals surface area (Å²) in [5.41, 5.74) is 30.4. The Bertz CT molecular complexity index is 4890. The van der Waals surface area contributed by atoms with Crippen molar-refractivity contribution in [3.63, 3.8) is 0 Å². The van der Waals surface area contributed by atoms with Crippen molar-refractivity contribution in [1.29, 1.82) is 0 Å². The first-order valence-electron chi connectivity index (χ1n) is 55.8. The van der Waals surface area contributed by atoms with E-state index in [2.05, 4.69) is 453 Å². The van der Waals surface area contributed by atoms with E-state index >= 15 is 0 Å². The Balaban J connectivity index is 0.000000167. The number of aromatic nitrogens is 5. The summed E-state index contributed by atoms with van der Waals surface area (Å²) in [6.45, 7) is 75.9. The lowest BCUT2D eigenvalue weighted by atomic mass is 10.0. The van der Waals surface area contributed by atoms with E-state index in [0.29, 0.717) is 72.5 Å². The van der Waals surface area contributed by atoms with Gasteiger partial charge in [0.05, 0.1) is 55.5 Å². The zero-order valence-corrected chi connectivity index (χ0v) is 96.3. The van der Waals surface area contributed by atoms with E-state index in [4.69, 9.17) is 29.2 Å². The normalized spacial score (nSPS) is 16.7. The zero-order chi connectivity index (χ0) is 107. The summed E-state index contributed by atoms with van der Waals surface area (Å²) in [6.07, 6.45) is 8.10. The maximum atomic E-state index is 5.78. The van der Waals surface area contributed by atoms with Gasteiger partial charge >= 0.3 is 0 Å². The van der Waals surface area contributed by atoms with Crippen LogP contribution in [0.1, 0.15) is 300 Å². The standard InChI is InChI=1S/C36H51N3O3.C33H45N3.C31H43N5.C30H42N6/c1-25(2)37-19-28-10-30(15-34(13-28)40-7)21-38(26(3)4)23-32-12-33(18-36(17-32)42-9)24-39(27(5)6)22-31-11-29(20-37)14-35(16-31)41-8;1-25(2)34-19-28-10-7-12-30(16-28)21-35(26(3)4)23-32-14-9-15-33(18-32)24-36(27(5)6)22-31-13-8-11-29(17-31)20-34;1-23(2)34-17-26-8-7-9-27(10-26)18-35(24(3)4)20-29-12-31(16-33-14-29)22-36(25(5)6)21-30-11-28(19-34)13-32-15-30;1-22(2)34-16-25-10-7-12-27(31-25)18-35(23(3)4)20-29-14-9-15-30(33-29)21-36(24(5)6)19-28-13-8-11-26(17-34)32-28/h10-18,25-27H,19-24H2,1-9H3;7-18,25-27H,19-24H2,1-6H3;7-16,23-25H,17-22H2,1-6H3;7-15,22-24H,16-21H2,1-6H3. The SMILES string of the molecule is CC(C)N1Cc2cccc(c2)CN(C(C)C)Cc2cccc(c2)CN(C(C)C)Cc2cccc(c2)C1.CC(C)N1Cc2cccc(c2)CN(C(C)C)Cc2cncc(c2)CN(C(C)C)Cc2cncc(c2)C1.CC(C)N1Cc2cccc(n2)CN(C(C)C)Cc2cccc(n2)CN(C(C)C)Cc2cccc(n2)C1.COc1cc2cc(c1)CN(C(C)C)Cc1cc(cc(OC)c1)CN(C(C)C)Cc1cc(cc(OC)c1)CN(C(C)C)C2. The maximum absolute atomic E-state index is 5.78. The Hall–Kier alpha value is -10.8. The number of rotatable bonds is 15. The van der Waals surface area contributed by atoms with Crippen LogP contribution in [0.5, 0.6) is 17.2 Å². The molecule has 150 heavy (non-hydrogen) atoms. The molecule has 0 amide bonds. The minimum atomic E-state index is 0.374. The van der Waals surface area contributed by atoms with E-state index in [1.165, 1.54) is 100 Å². The molecule has 0 atom stereocenters. The third-order valence-corrected chi connectivity index (χ3v) is 29.9. The van der Waals surface area contributed by atoms with Crippen LogP contribution in [0.2, 0.25) is 0 Å². The van der Waals surface area contributed by atoms with Gasteiger partial charge in [-0.15, -0.1) is 0 Å². The van der Waals surface area contributed by atoms with E-state index < -0.39 is 0 Å². The molecule has 0 radical (unpaired) electrons. The number of pyridine rings is 5. The van der Waals surface area contributed by atoms with Gasteiger partial charge in [-0.3, -0.25) is 83.7 Å². The van der Waals surface area contributed by atoms with E-state index in [0.717, 1.165) is 208 Å². The van der Waals surface area contributed by atoms with Gasteiger partial charge in [-0.2, -0.15) is 0 Å². The topological polar surface area (TPSA) is 131 Å². The second kappa shape index (κ2) is 56.7. The minimum absolute atomic E-state index is 0.374. The van der Waals surface area contributed by atoms with Crippen molar-refractivity contribution in [3.05, 3.63) is 377 Å². The molecule has 16 rings (SSSR count). The minimum Gasteiger partial charge on any atom is -0.497 e. The molecule has 4 aliphatic heterocycles. The molecule has 0 spiro atoms. The lowest BCUT2D eigenvalue weighted by Gasteiger charge is -2.30. The van der Waals surface area contributed by atoms with Gasteiger partial charge in [-0.25, -0.2) is 0 Å². The molecule has 4 aliphatic rings. The van der Waals surface area contributed by atoms with Crippen LogP contribution >= 0.6 is 0 Å². The predicted molar refractivity (Wildman–Crippen MR) is 619 cm³/mol. The van der Waals surface area contributed by atoms with E-state index in [9.17, 15) is 0 Å². The van der Waals surface area contributed by atoms with Crippen molar-refractivity contribution in [1.82, 2.24) is 83.7 Å². The molecule has 24 bridgehead atoms. The van der Waals surface area contributed by atoms with Crippen molar-refractivity contribution in [2.24, 2.45) is 0 Å². The van der Waals surface area contributed by atoms with Gasteiger partial charge in [0.25, 0.3) is 0 Å². The third kappa shape index (κ3) is 36.2. The molecule has 0 fully saturated rings. The van der Waals surface area contributed by atoms with Crippen LogP contribution in [0, 0.1) is 0 Å². The zero-order valence-electron chi connectivity index (χ0n) is 96.3. The van der Waals surface area contributed by atoms with E-state index in [1.807, 2.05) is 24.8 Å². The number of hydrogen-bond donors (Lipinski definition) is 0. The fourth-order valence-corrected chi connectivity index (χ4v) is 20.5. The van der Waals surface area contributed by atoms with Crippen molar-refractivity contribution < 1.29 is 14.2 Å². The van der Waals surface area contributed by atoms with Gasteiger partial charge < -0.3 is 14.2 Å². The molecule has 0 aliphatic carbocycles. The van der Waals surface area contributed by atoms with Crippen LogP contribution in [-0.2, 0) is 157 Å². The van der Waals surface area contributed by atoms with Gasteiger partial charge in [-0.1, -0.05) is 146 Å². The summed E-state index contributed by atoms with van der Waals surface area (Å²) in [6, 6.07) is 86.0. The lowest BCUT2D eigenvalue weighted by molar-refractivity contribution is 0.187. The van der Waals surface area contributed by atoms with Crippen LogP contribution in [0.3, 0.4) is 0 Å². The molecular formula is C130H181N17O3. The number of benzene rings is 7. The summed E-state index contributed by atoms with van der Waals surface area (Å²) in [7, 11) is 5.29. The highest BCUT2D eigenvalue weighted by molar-refractivity contribution is 5.40. The van der Waals surface area contributed by atoms with Gasteiger partial charge in [0, 0.05) is 254 Å². The maximum Gasteiger partial charge on any atom is 0.119 e. The Morgan fingerprint density at radius 2 is 0.273 bits per heavy atom. The average molecular weight is 2030 g/mol. The lowest BCUT2D eigenvalue weighted by Crippen LogP contribution is -2.33. The quantitative estimate of drug-likeness (QED) is 0.0963. The number of nitrogens with zero attached hydrogens (tertiary/aromatic N) is 17. The highest BCUT2D eigenvalue weighted by Gasteiger charge is 2.28. The summed E-state index contributed by atoms with van der Waals surface area (Å²) in [4.78, 5) is 54.7. The van der Waals surface area contributed by atoms with Crippen molar-refractivity contribution in [2.75, 3.05) is 21.3 Å². The van der Waals surface area contributed by atoms with Gasteiger partial charge in [0.1, 0.15) is 17.2 Å². The molecule has 12 aromatic rings. The first-order valence-corrected chi connectivity index (χ1v) is 55.8. The van der Waals surface area contributed by atoms with Crippen LogP contribution < -0.4 is 14.2 Å². The van der Waals surface area contributed by atoms with Gasteiger partial charge in [0.2, 0.25) is 0 Å². The van der Waals surface area contributed by atoms with E-state index in [1.54, 1.807) is 21.3 Å². The van der Waals surface area contributed by atoms with Crippen molar-refractivity contribution in [3.8, 4) is 17.2 Å². The molecule has 9 heterocycles. The second-order valence-electron chi connectivity index (χ2n) is 46.1. The van der Waals surface area contributed by atoms with Crippen molar-refractivity contribution in [2.45, 2.75) is 396 Å². The Morgan fingerprint density at radius 1 is 0.153 bits per heavy atom. The predicted octanol–water partition coefficient (Wildman–Crippen LogP) is 25.9. The second-order valence-corrected chi connectivity index (χ2v) is 46.1. The smallest absolute Gasteiger partial charge is 0.119 e. The largest absolute Gasteiger partial charge is 0.497 e. The van der Waals surface area contributed by atoms with Crippen LogP contribution in [-0.4, -0.2) is 178 Å². The molecular weight excluding hydrogens is 1850 g/mol. The average Bonchev–Trinajstić information content (AvgIpc) is 0.812. The van der Waals surface area contributed by atoms with Gasteiger partial charge in [-0.05, 0) is 339 Å². The van der Waals surface area contributed by atoms with E-state index in [-0.39, 0.29) is 0 Å². The molecule has 0 saturated carbocycles. The molecule has 20 nitrogen and oxygen atoms in total. The van der Waals surface area contributed by atoms with Crippen LogP contribution in [0.15, 0.2) is 243 Å². The molecule has 7 aromatic carbocycles. The monoisotopic (exact) mass is 2030 g/mol. The van der Waals surface area contributed by atoms with Crippen LogP contribution in [0.4, 0.5) is 0 Å². The number of ether oxygens (including phenoxy) is 3. The van der Waals surface area contributed by atoms with Crippen molar-refractivity contribution >= 4 is 0 Å². The number of hydrogen-bond acceptors (Lipinski definition) is 20. The molecule has 804 valence electrons. The number of fused-ring (bicyclic) bond motifs is 24. The number of methoxy groups -OCH3 is 3. The fourth-order valence-electron chi connectivity index (χ4n) is 20.5. The first kappa shape index (κ1) is 116. The summed E-state index contributed by atoms with van der Waals surface area (Å²) >= 11 is 0. The summed E-state index contributed by atoms with van der Waals surface area (Å²) in [5, 5.41) is 0. The highest BCUT2D eigenvalue weighted by Crippen LogP contribution is 2.33. The molecule has 0 saturated heterocycles. The third-order valence-electron chi connectivity index (χ3n) is 29.9. The Labute approximate surface area is 904 Å². The molecule has 5 aromatic heterocycles. The molecule has 0 N–H and O–H groups in total. The first-order chi connectivity index (χ1) is 71.8. The molecule has 20 heteroatoms.